The largest absolute Gasteiger partial charge is 0.345 e. The zero-order chi connectivity index (χ0) is 13.1. The lowest BCUT2D eigenvalue weighted by molar-refractivity contribution is -0.320. The van der Waals surface area contributed by atoms with Crippen molar-refractivity contribution < 1.29 is 9.47 Å². The minimum absolute atomic E-state index is 0.478. The molecule has 1 heterocycles. The third-order valence-electron chi connectivity index (χ3n) is 4.48. The van der Waals surface area contributed by atoms with E-state index in [4.69, 9.17) is 9.47 Å². The molecule has 1 aromatic rings. The van der Waals surface area contributed by atoms with Gasteiger partial charge in [-0.1, -0.05) is 56.5 Å². The first-order valence-electron chi connectivity index (χ1n) is 7.65. The summed E-state index contributed by atoms with van der Waals surface area (Å²) in [5.74, 6) is 0.533. The van der Waals surface area contributed by atoms with E-state index < -0.39 is 5.79 Å². The maximum absolute atomic E-state index is 6.28. The molecule has 0 spiro atoms. The van der Waals surface area contributed by atoms with Crippen LogP contribution in [-0.4, -0.2) is 13.2 Å². The molecular formula is C17H24O2. The normalized spacial score (nSPS) is 33.2. The van der Waals surface area contributed by atoms with Crippen LogP contribution in [0.3, 0.4) is 0 Å². The molecule has 19 heavy (non-hydrogen) atoms. The van der Waals surface area contributed by atoms with Gasteiger partial charge in [0.25, 0.3) is 0 Å². The van der Waals surface area contributed by atoms with E-state index in [1.807, 2.05) is 0 Å². The van der Waals surface area contributed by atoms with Crippen LogP contribution in [0.25, 0.3) is 0 Å². The Labute approximate surface area is 116 Å². The summed E-state index contributed by atoms with van der Waals surface area (Å²) in [5, 5.41) is 0. The Morgan fingerprint density at radius 1 is 0.947 bits per heavy atom. The smallest absolute Gasteiger partial charge is 0.197 e. The summed E-state index contributed by atoms with van der Waals surface area (Å²) < 4.78 is 12.6. The van der Waals surface area contributed by atoms with Gasteiger partial charge in [0.2, 0.25) is 0 Å². The molecule has 1 saturated heterocycles. The monoisotopic (exact) mass is 260 g/mol. The van der Waals surface area contributed by atoms with Crippen molar-refractivity contribution in [2.45, 2.75) is 44.8 Å². The second kappa shape index (κ2) is 5.64. The number of benzene rings is 1. The lowest BCUT2D eigenvalue weighted by Crippen LogP contribution is -2.47. The highest BCUT2D eigenvalue weighted by Gasteiger charge is 2.45. The Morgan fingerprint density at radius 2 is 1.58 bits per heavy atom. The zero-order valence-electron chi connectivity index (χ0n) is 11.8. The van der Waals surface area contributed by atoms with Crippen LogP contribution in [0, 0.1) is 11.8 Å². The van der Waals surface area contributed by atoms with Gasteiger partial charge in [-0.05, 0) is 12.8 Å². The quantitative estimate of drug-likeness (QED) is 0.797. The third kappa shape index (κ3) is 2.56. The van der Waals surface area contributed by atoms with Gasteiger partial charge in [-0.3, -0.25) is 0 Å². The molecule has 2 fully saturated rings. The summed E-state index contributed by atoms with van der Waals surface area (Å²) >= 11 is 0. The number of hydrogen-bond acceptors (Lipinski definition) is 2. The van der Waals surface area contributed by atoms with Crippen molar-refractivity contribution in [3.63, 3.8) is 0 Å². The van der Waals surface area contributed by atoms with E-state index in [0.717, 1.165) is 13.2 Å². The van der Waals surface area contributed by atoms with E-state index >= 15 is 0 Å². The van der Waals surface area contributed by atoms with E-state index in [9.17, 15) is 0 Å². The minimum atomic E-state index is -0.478. The standard InChI is InChI=1S/C17H24O2/c1-14-12-18-17(19-13-14,15-8-4-2-5-9-15)16-10-6-3-7-11-16/h2,4-5,8-9,14,16H,3,6-7,10-13H2,1H3. The van der Waals surface area contributed by atoms with Crippen molar-refractivity contribution in [1.29, 1.82) is 0 Å². The molecule has 2 aliphatic rings. The summed E-state index contributed by atoms with van der Waals surface area (Å²) in [4.78, 5) is 0. The topological polar surface area (TPSA) is 18.5 Å². The number of rotatable bonds is 2. The van der Waals surface area contributed by atoms with Crippen LogP contribution in [0.4, 0.5) is 0 Å². The number of ether oxygens (including phenoxy) is 2. The van der Waals surface area contributed by atoms with Crippen molar-refractivity contribution in [3.8, 4) is 0 Å². The SMILES string of the molecule is CC1COC(c2ccccc2)(C2CCCCC2)OC1. The van der Waals surface area contributed by atoms with Gasteiger partial charge in [0.15, 0.2) is 5.79 Å². The summed E-state index contributed by atoms with van der Waals surface area (Å²) in [7, 11) is 0. The van der Waals surface area contributed by atoms with Crippen LogP contribution in [0.1, 0.15) is 44.6 Å². The lowest BCUT2D eigenvalue weighted by atomic mass is 9.79. The van der Waals surface area contributed by atoms with Crippen LogP contribution >= 0.6 is 0 Å². The summed E-state index contributed by atoms with van der Waals surface area (Å²) in [6, 6.07) is 10.5. The van der Waals surface area contributed by atoms with E-state index in [0.29, 0.717) is 11.8 Å². The van der Waals surface area contributed by atoms with Gasteiger partial charge >= 0.3 is 0 Å². The molecular weight excluding hydrogens is 236 g/mol. The third-order valence-corrected chi connectivity index (χ3v) is 4.48. The maximum atomic E-state index is 6.28. The Bertz CT molecular complexity index is 387. The molecule has 0 bridgehead atoms. The predicted octanol–water partition coefficient (Wildman–Crippen LogP) is 4.10. The first-order chi connectivity index (χ1) is 9.31. The average molecular weight is 260 g/mol. The van der Waals surface area contributed by atoms with E-state index in [2.05, 4.69) is 37.3 Å². The zero-order valence-corrected chi connectivity index (χ0v) is 11.8. The highest BCUT2D eigenvalue weighted by molar-refractivity contribution is 5.22. The molecule has 0 radical (unpaired) electrons. The summed E-state index contributed by atoms with van der Waals surface area (Å²) in [5.41, 5.74) is 1.20. The molecule has 0 N–H and O–H groups in total. The molecule has 1 aliphatic heterocycles. The summed E-state index contributed by atoms with van der Waals surface area (Å²) in [6.45, 7) is 3.81. The Morgan fingerprint density at radius 3 is 2.21 bits per heavy atom. The molecule has 3 rings (SSSR count). The van der Waals surface area contributed by atoms with Gasteiger partial charge in [-0.25, -0.2) is 0 Å². The molecule has 104 valence electrons. The van der Waals surface area contributed by atoms with Crippen LogP contribution < -0.4 is 0 Å². The first kappa shape index (κ1) is 13.1. The van der Waals surface area contributed by atoms with Crippen molar-refractivity contribution in [3.05, 3.63) is 35.9 Å². The Kier molecular flexibility index (Phi) is 3.90. The summed E-state index contributed by atoms with van der Waals surface area (Å²) in [6.07, 6.45) is 6.42. The van der Waals surface area contributed by atoms with Gasteiger partial charge in [-0.15, -0.1) is 0 Å². The van der Waals surface area contributed by atoms with Crippen LogP contribution in [0.15, 0.2) is 30.3 Å². The Balaban J connectivity index is 1.91. The highest BCUT2D eigenvalue weighted by Crippen LogP contribution is 2.45. The molecule has 0 amide bonds. The van der Waals surface area contributed by atoms with Gasteiger partial charge in [0, 0.05) is 17.4 Å². The fourth-order valence-electron chi connectivity index (χ4n) is 3.41. The molecule has 0 atom stereocenters. The Hall–Kier alpha value is -0.860. The van der Waals surface area contributed by atoms with Crippen LogP contribution in [-0.2, 0) is 15.3 Å². The fourth-order valence-corrected chi connectivity index (χ4v) is 3.41. The maximum Gasteiger partial charge on any atom is 0.197 e. The minimum Gasteiger partial charge on any atom is -0.345 e. The molecule has 1 aliphatic carbocycles. The van der Waals surface area contributed by atoms with Gasteiger partial charge < -0.3 is 9.47 Å². The van der Waals surface area contributed by atoms with Crippen molar-refractivity contribution >= 4 is 0 Å². The second-order valence-electron chi connectivity index (χ2n) is 6.10. The fraction of sp³-hybridized carbons (Fsp3) is 0.647. The van der Waals surface area contributed by atoms with Crippen LogP contribution in [0.2, 0.25) is 0 Å². The molecule has 0 unspecified atom stereocenters. The molecule has 2 nitrogen and oxygen atoms in total. The second-order valence-corrected chi connectivity index (χ2v) is 6.10. The van der Waals surface area contributed by atoms with Crippen molar-refractivity contribution in [1.82, 2.24) is 0 Å². The average Bonchev–Trinajstić information content (AvgIpc) is 2.50. The molecule has 2 heteroatoms. The van der Waals surface area contributed by atoms with Gasteiger partial charge in [0.1, 0.15) is 0 Å². The highest BCUT2D eigenvalue weighted by atomic mass is 16.7. The van der Waals surface area contributed by atoms with Crippen molar-refractivity contribution in [2.24, 2.45) is 11.8 Å². The van der Waals surface area contributed by atoms with Gasteiger partial charge in [0.05, 0.1) is 13.2 Å². The van der Waals surface area contributed by atoms with Crippen molar-refractivity contribution in [2.75, 3.05) is 13.2 Å². The van der Waals surface area contributed by atoms with E-state index in [1.54, 1.807) is 0 Å². The molecule has 0 aromatic heterocycles. The van der Waals surface area contributed by atoms with Gasteiger partial charge in [-0.2, -0.15) is 0 Å². The first-order valence-corrected chi connectivity index (χ1v) is 7.65. The molecule has 1 saturated carbocycles. The lowest BCUT2D eigenvalue weighted by Gasteiger charge is -2.46. The van der Waals surface area contributed by atoms with E-state index in [-0.39, 0.29) is 0 Å². The predicted molar refractivity (Wildman–Crippen MR) is 75.8 cm³/mol. The van der Waals surface area contributed by atoms with E-state index in [1.165, 1.54) is 37.7 Å². The van der Waals surface area contributed by atoms with Crippen LogP contribution in [0.5, 0.6) is 0 Å². The number of hydrogen-bond donors (Lipinski definition) is 0. The molecule has 1 aromatic carbocycles.